The van der Waals surface area contributed by atoms with Crippen molar-refractivity contribution in [1.82, 2.24) is 9.21 Å². The number of carbonyl (C=O) groups is 1. The Balaban J connectivity index is 1.49. The molecule has 4 rings (SSSR count). The van der Waals surface area contributed by atoms with Crippen LogP contribution in [0, 0.1) is 5.92 Å². The first-order chi connectivity index (χ1) is 14.5. The van der Waals surface area contributed by atoms with Gasteiger partial charge in [0.25, 0.3) is 0 Å². The zero-order chi connectivity index (χ0) is 21.0. The van der Waals surface area contributed by atoms with Crippen molar-refractivity contribution in [3.05, 3.63) is 52.7 Å². The second-order valence-corrected chi connectivity index (χ2v) is 10.9. The highest BCUT2D eigenvalue weighted by Crippen LogP contribution is 2.27. The third kappa shape index (κ3) is 4.94. The van der Waals surface area contributed by atoms with Gasteiger partial charge in [-0.25, -0.2) is 8.42 Å². The Morgan fingerprint density at radius 3 is 2.67 bits per heavy atom. The summed E-state index contributed by atoms with van der Waals surface area (Å²) in [4.78, 5) is 16.8. The summed E-state index contributed by atoms with van der Waals surface area (Å²) < 4.78 is 33.3. The fourth-order valence-electron chi connectivity index (χ4n) is 4.22. The monoisotopic (exact) mass is 448 g/mol. The highest BCUT2D eigenvalue weighted by molar-refractivity contribution is 7.89. The van der Waals surface area contributed by atoms with E-state index < -0.39 is 10.0 Å². The number of benzene rings is 1. The van der Waals surface area contributed by atoms with Crippen molar-refractivity contribution in [2.24, 2.45) is 5.92 Å². The van der Waals surface area contributed by atoms with Crippen LogP contribution >= 0.6 is 11.3 Å². The quantitative estimate of drug-likeness (QED) is 0.651. The zero-order valence-electron chi connectivity index (χ0n) is 17.0. The molecular formula is C22H28N2O4S2. The van der Waals surface area contributed by atoms with E-state index in [1.807, 2.05) is 22.4 Å². The summed E-state index contributed by atoms with van der Waals surface area (Å²) in [5.74, 6) is -0.287. The van der Waals surface area contributed by atoms with Crippen LogP contribution in [0.3, 0.4) is 0 Å². The average molecular weight is 449 g/mol. The summed E-state index contributed by atoms with van der Waals surface area (Å²) in [5, 5.41) is 2.01. The number of amides is 1. The lowest BCUT2D eigenvalue weighted by Crippen LogP contribution is -2.47. The molecule has 0 aliphatic carbocycles. The van der Waals surface area contributed by atoms with Gasteiger partial charge in [0, 0.05) is 31.1 Å². The lowest BCUT2D eigenvalue weighted by molar-refractivity contribution is -0.139. The standard InChI is InChI=1S/C22H28N2O4S2/c25-22(23(16-19-8-5-13-28-19)17-20-9-6-14-29-20)18-7-4-12-24(15-18)30(26,27)21-10-2-1-3-11-21/h1-3,6,9-11,14,18-19H,4-5,7-8,12-13,15-17H2. The number of piperidine rings is 1. The molecule has 2 saturated heterocycles. The smallest absolute Gasteiger partial charge is 0.243 e. The molecule has 2 fully saturated rings. The predicted octanol–water partition coefficient (Wildman–Crippen LogP) is 3.36. The van der Waals surface area contributed by atoms with E-state index in [9.17, 15) is 13.2 Å². The van der Waals surface area contributed by atoms with Gasteiger partial charge >= 0.3 is 0 Å². The molecule has 2 unspecified atom stereocenters. The Morgan fingerprint density at radius 2 is 1.97 bits per heavy atom. The van der Waals surface area contributed by atoms with Gasteiger partial charge in [-0.1, -0.05) is 24.3 Å². The van der Waals surface area contributed by atoms with E-state index in [4.69, 9.17) is 4.74 Å². The number of carbonyl (C=O) groups excluding carboxylic acids is 1. The van der Waals surface area contributed by atoms with Crippen molar-refractivity contribution in [2.75, 3.05) is 26.2 Å². The fraction of sp³-hybridized carbons (Fsp3) is 0.500. The highest BCUT2D eigenvalue weighted by Gasteiger charge is 2.36. The topological polar surface area (TPSA) is 66.9 Å². The van der Waals surface area contributed by atoms with Crippen LogP contribution in [0.25, 0.3) is 0 Å². The molecule has 0 N–H and O–H groups in total. The van der Waals surface area contributed by atoms with Crippen LogP contribution in [0.4, 0.5) is 0 Å². The zero-order valence-corrected chi connectivity index (χ0v) is 18.6. The van der Waals surface area contributed by atoms with Crippen LogP contribution in [0.2, 0.25) is 0 Å². The van der Waals surface area contributed by atoms with Crippen LogP contribution < -0.4 is 0 Å². The first-order valence-electron chi connectivity index (χ1n) is 10.5. The van der Waals surface area contributed by atoms with Crippen molar-refractivity contribution in [1.29, 1.82) is 0 Å². The Bertz CT molecular complexity index is 925. The van der Waals surface area contributed by atoms with Crippen molar-refractivity contribution < 1.29 is 17.9 Å². The normalized spacial score (nSPS) is 22.8. The molecule has 0 saturated carbocycles. The number of thiophene rings is 1. The number of hydrogen-bond donors (Lipinski definition) is 0. The minimum atomic E-state index is -3.59. The van der Waals surface area contributed by atoms with Crippen LogP contribution in [0.1, 0.15) is 30.6 Å². The van der Waals surface area contributed by atoms with Gasteiger partial charge in [-0.2, -0.15) is 4.31 Å². The molecule has 1 aromatic heterocycles. The Kier molecular flexibility index (Phi) is 6.87. The third-order valence-corrected chi connectivity index (χ3v) is 8.54. The van der Waals surface area contributed by atoms with E-state index in [-0.39, 0.29) is 29.4 Å². The van der Waals surface area contributed by atoms with E-state index in [0.717, 1.165) is 24.3 Å². The molecule has 2 aromatic rings. The summed E-state index contributed by atoms with van der Waals surface area (Å²) in [7, 11) is -3.59. The minimum Gasteiger partial charge on any atom is -0.376 e. The molecule has 3 heterocycles. The Hall–Kier alpha value is -1.74. The summed E-state index contributed by atoms with van der Waals surface area (Å²) in [5.41, 5.74) is 0. The Morgan fingerprint density at radius 1 is 1.13 bits per heavy atom. The van der Waals surface area contributed by atoms with Crippen molar-refractivity contribution in [2.45, 2.75) is 43.2 Å². The summed E-state index contributed by atoms with van der Waals surface area (Å²) >= 11 is 1.63. The molecular weight excluding hydrogens is 420 g/mol. The number of nitrogens with zero attached hydrogens (tertiary/aromatic N) is 2. The molecule has 0 spiro atoms. The van der Waals surface area contributed by atoms with Gasteiger partial charge in [0.1, 0.15) is 0 Å². The van der Waals surface area contributed by atoms with Crippen LogP contribution in [0.15, 0.2) is 52.7 Å². The maximum atomic E-state index is 13.5. The molecule has 30 heavy (non-hydrogen) atoms. The van der Waals surface area contributed by atoms with Crippen LogP contribution in [-0.2, 0) is 26.1 Å². The molecule has 2 atom stereocenters. The summed E-state index contributed by atoms with van der Waals surface area (Å²) in [6, 6.07) is 12.5. The molecule has 6 nitrogen and oxygen atoms in total. The summed E-state index contributed by atoms with van der Waals surface area (Å²) in [6.07, 6.45) is 3.47. The molecule has 1 amide bonds. The number of hydrogen-bond acceptors (Lipinski definition) is 5. The first kappa shape index (κ1) is 21.5. The van der Waals surface area contributed by atoms with Crippen molar-refractivity contribution in [3.8, 4) is 0 Å². The van der Waals surface area contributed by atoms with Gasteiger partial charge in [-0.3, -0.25) is 4.79 Å². The van der Waals surface area contributed by atoms with Crippen molar-refractivity contribution in [3.63, 3.8) is 0 Å². The highest BCUT2D eigenvalue weighted by atomic mass is 32.2. The summed E-state index contributed by atoms with van der Waals surface area (Å²) in [6.45, 7) is 2.56. The SMILES string of the molecule is O=C(C1CCCN(S(=O)(=O)c2ccccc2)C1)N(Cc1cccs1)CC1CCCO1. The number of rotatable bonds is 7. The van der Waals surface area contributed by atoms with E-state index in [1.54, 1.807) is 41.7 Å². The molecule has 162 valence electrons. The number of ether oxygens (including phenoxy) is 1. The van der Waals surface area contributed by atoms with Crippen LogP contribution in [0.5, 0.6) is 0 Å². The third-order valence-electron chi connectivity index (χ3n) is 5.80. The van der Waals surface area contributed by atoms with Gasteiger partial charge in [0.05, 0.1) is 23.5 Å². The number of sulfonamides is 1. The first-order valence-corrected chi connectivity index (χ1v) is 12.8. The van der Waals surface area contributed by atoms with Crippen LogP contribution in [-0.4, -0.2) is 55.9 Å². The largest absolute Gasteiger partial charge is 0.376 e. The molecule has 8 heteroatoms. The van der Waals surface area contributed by atoms with Gasteiger partial charge in [0.2, 0.25) is 15.9 Å². The van der Waals surface area contributed by atoms with Gasteiger partial charge in [-0.05, 0) is 49.3 Å². The van der Waals surface area contributed by atoms with Crippen molar-refractivity contribution >= 4 is 27.3 Å². The lowest BCUT2D eigenvalue weighted by atomic mass is 9.97. The van der Waals surface area contributed by atoms with Gasteiger partial charge in [-0.15, -0.1) is 11.3 Å². The molecule has 2 aliphatic heterocycles. The van der Waals surface area contributed by atoms with Gasteiger partial charge in [0.15, 0.2) is 0 Å². The van der Waals surface area contributed by atoms with E-state index in [1.165, 1.54) is 4.31 Å². The van der Waals surface area contributed by atoms with E-state index in [0.29, 0.717) is 32.5 Å². The molecule has 0 bridgehead atoms. The molecule has 1 aromatic carbocycles. The Labute approximate surface area is 182 Å². The van der Waals surface area contributed by atoms with Gasteiger partial charge < -0.3 is 9.64 Å². The minimum absolute atomic E-state index is 0.0341. The van der Waals surface area contributed by atoms with E-state index in [2.05, 4.69) is 0 Å². The predicted molar refractivity (Wildman–Crippen MR) is 117 cm³/mol. The average Bonchev–Trinajstić information content (AvgIpc) is 3.48. The maximum Gasteiger partial charge on any atom is 0.243 e. The fourth-order valence-corrected chi connectivity index (χ4v) is 6.48. The lowest BCUT2D eigenvalue weighted by Gasteiger charge is -2.35. The van der Waals surface area contributed by atoms with E-state index >= 15 is 0 Å². The maximum absolute atomic E-state index is 13.5. The second-order valence-electron chi connectivity index (χ2n) is 7.95. The molecule has 0 radical (unpaired) electrons. The molecule has 2 aliphatic rings. The second kappa shape index (κ2) is 9.60.